The second-order valence-corrected chi connectivity index (χ2v) is 31.5. The largest absolute Gasteiger partial charge is 0.490 e. The lowest BCUT2D eigenvalue weighted by Crippen LogP contribution is -2.44. The molecule has 4 unspecified atom stereocenters. The Labute approximate surface area is 610 Å². The standard InChI is InChI=1S/C28H43N5O10.C18H30N5O15P3.C12H27N.C3H9O4P/c1-27(2,3)42-25(38)30-12-8-7-11-18(31-26(39)43-28(4,5)6)23(36)40-13-9-10-17-15-33(24(37)32-22(17)29)21-14-19(35)20(16-34)41-21;19-6-2-1-5-12(20)17(25)34-7-3-4-11-9-23(18(26)22-16(11)21)15-8-13(24)14(36-15)10-35-40(30,31)38-41(32,33)37-39(27,28)29;1-4-7-10-13(11-8-5-2)12-9-6-3;1-5-8(4,6-2)7-3/h15,18-21,34-35H,7-8,11-14,16H2,1-6H3,(H,30,38)(H,31,39)(H2,29,32,37);9,12-15,24H,1-2,5-8,10,19-20H2,(H,30,31)(H,32,33)(H2,21,22,26)(H2,27,28,29);4-12H2,1-3H3;1-3H3/t18?,19-,20-,21-;12?,13-,14-,15-;;/m11../s1. The number of aliphatic hydroxyl groups excluding tert-OH is 3. The van der Waals surface area contributed by atoms with Crippen molar-refractivity contribution in [1.82, 2.24) is 34.6 Å². The smallest absolute Gasteiger partial charge is 0.451 e. The molecule has 10 atom stereocenters. The lowest BCUT2D eigenvalue weighted by atomic mass is 10.1. The van der Waals surface area contributed by atoms with Crippen LogP contribution in [0.15, 0.2) is 22.0 Å². The summed E-state index contributed by atoms with van der Waals surface area (Å²) >= 11 is 0. The zero-order valence-electron chi connectivity index (χ0n) is 61.5. The van der Waals surface area contributed by atoms with Crippen LogP contribution in [0.4, 0.5) is 21.2 Å². The van der Waals surface area contributed by atoms with Crippen molar-refractivity contribution >= 4 is 67.1 Å². The number of ether oxygens (including phenoxy) is 6. The number of unbranched alkanes of at least 4 members (excludes halogenated alkanes) is 5. The van der Waals surface area contributed by atoms with Crippen LogP contribution in [0.3, 0.4) is 0 Å². The zero-order valence-corrected chi connectivity index (χ0v) is 65.1. The van der Waals surface area contributed by atoms with Crippen LogP contribution in [0.2, 0.25) is 0 Å². The molecule has 2 fully saturated rings. The number of aromatic nitrogens is 4. The van der Waals surface area contributed by atoms with Crippen molar-refractivity contribution in [3.63, 3.8) is 0 Å². The summed E-state index contributed by atoms with van der Waals surface area (Å²) in [6, 6.07) is -1.88. The Morgan fingerprint density at radius 3 is 1.53 bits per heavy atom. The highest BCUT2D eigenvalue weighted by Gasteiger charge is 2.43. The van der Waals surface area contributed by atoms with E-state index in [1.807, 2.05) is 0 Å². The third-order valence-corrected chi connectivity index (χ3v) is 19.1. The average Bonchev–Trinajstić information content (AvgIpc) is 1.73. The predicted molar refractivity (Wildman–Crippen MR) is 379 cm³/mol. The molecule has 0 saturated carbocycles. The molecule has 40 nitrogen and oxygen atoms in total. The number of anilines is 2. The third-order valence-electron chi connectivity index (χ3n) is 14.0. The molecule has 2 aromatic heterocycles. The fourth-order valence-electron chi connectivity index (χ4n) is 8.82. The quantitative estimate of drug-likeness (QED) is 0.0151. The summed E-state index contributed by atoms with van der Waals surface area (Å²) < 4.78 is 103. The molecule has 2 saturated heterocycles. The molecule has 0 aliphatic carbocycles. The first-order valence-corrected chi connectivity index (χ1v) is 39.5. The van der Waals surface area contributed by atoms with Gasteiger partial charge in [0.2, 0.25) is 0 Å². The molecule has 2 amide bonds. The minimum atomic E-state index is -5.74. The van der Waals surface area contributed by atoms with E-state index in [1.54, 1.807) is 41.5 Å². The van der Waals surface area contributed by atoms with E-state index >= 15 is 0 Å². The topological polar surface area (TPSA) is 590 Å². The van der Waals surface area contributed by atoms with Gasteiger partial charge in [-0.2, -0.15) is 18.6 Å². The number of amides is 2. The van der Waals surface area contributed by atoms with Crippen LogP contribution in [0.25, 0.3) is 0 Å². The van der Waals surface area contributed by atoms with Gasteiger partial charge in [0, 0.05) is 53.1 Å². The molecule has 2 aromatic rings. The molecule has 17 N–H and O–H groups in total. The molecule has 2 aliphatic rings. The normalized spacial score (nSPS) is 18.9. The number of nitrogens with two attached hydrogens (primary N) is 4. The number of alkyl carbamates (subject to hydrolysis) is 2. The first kappa shape index (κ1) is 97.2. The van der Waals surface area contributed by atoms with E-state index < -0.39 is 140 Å². The van der Waals surface area contributed by atoms with Crippen LogP contribution < -0.4 is 44.9 Å². The minimum absolute atomic E-state index is 0.0303. The second-order valence-electron chi connectivity index (χ2n) is 25.1. The fraction of sp³-hybridized carbons (Fsp3) is 0.738. The number of nitrogens with zero attached hydrogens (tertiary/aromatic N) is 5. The summed E-state index contributed by atoms with van der Waals surface area (Å²) in [5.74, 6) is 8.60. The summed E-state index contributed by atoms with van der Waals surface area (Å²) in [7, 11) is -16.2. The van der Waals surface area contributed by atoms with E-state index in [4.69, 9.17) is 61.1 Å². The number of hydrogen-bond donors (Lipinski definition) is 13. The van der Waals surface area contributed by atoms with Gasteiger partial charge in [0.05, 0.1) is 36.5 Å². The van der Waals surface area contributed by atoms with Crippen molar-refractivity contribution in [3.05, 3.63) is 44.5 Å². The number of hydrogen-bond acceptors (Lipinski definition) is 32. The molecule has 44 heteroatoms. The number of phosphoric acid groups is 4. The van der Waals surface area contributed by atoms with E-state index in [9.17, 15) is 72.1 Å². The van der Waals surface area contributed by atoms with Crippen molar-refractivity contribution in [2.24, 2.45) is 11.5 Å². The molecule has 2 aliphatic heterocycles. The van der Waals surface area contributed by atoms with Gasteiger partial charge in [-0.1, -0.05) is 70.1 Å². The lowest BCUT2D eigenvalue weighted by Gasteiger charge is -2.23. The first-order valence-electron chi connectivity index (χ1n) is 33.5. The van der Waals surface area contributed by atoms with E-state index in [0.29, 0.717) is 45.2 Å². The number of rotatable bonds is 36. The Morgan fingerprint density at radius 2 is 1.11 bits per heavy atom. The molecule has 0 spiro atoms. The van der Waals surface area contributed by atoms with Crippen molar-refractivity contribution < 1.29 is 127 Å². The van der Waals surface area contributed by atoms with Gasteiger partial charge in [0.25, 0.3) is 0 Å². The van der Waals surface area contributed by atoms with Crippen LogP contribution in [0, 0.1) is 23.7 Å². The van der Waals surface area contributed by atoms with Gasteiger partial charge in [-0.3, -0.25) is 32.0 Å². The molecule has 4 heterocycles. The molecular formula is C61H109N11O29P4. The van der Waals surface area contributed by atoms with Crippen molar-refractivity contribution in [3.8, 4) is 23.7 Å². The average molecular weight is 1580 g/mol. The first-order chi connectivity index (χ1) is 48.9. The lowest BCUT2D eigenvalue weighted by molar-refractivity contribution is -0.145. The van der Waals surface area contributed by atoms with Crippen molar-refractivity contribution in [1.29, 1.82) is 0 Å². The Morgan fingerprint density at radius 1 is 0.667 bits per heavy atom. The van der Waals surface area contributed by atoms with Crippen LogP contribution in [0.1, 0.15) is 176 Å². The molecule has 602 valence electrons. The number of carbonyl (C=O) groups is 4. The molecule has 4 rings (SSSR count). The predicted octanol–water partition coefficient (Wildman–Crippen LogP) is 3.84. The second kappa shape index (κ2) is 48.5. The van der Waals surface area contributed by atoms with Gasteiger partial charge in [0.1, 0.15) is 59.6 Å². The highest BCUT2D eigenvalue weighted by molar-refractivity contribution is 7.66. The van der Waals surface area contributed by atoms with E-state index in [-0.39, 0.29) is 55.2 Å². The van der Waals surface area contributed by atoms with Gasteiger partial charge in [-0.15, -0.1) is 0 Å². The van der Waals surface area contributed by atoms with Crippen LogP contribution in [0.5, 0.6) is 0 Å². The SMILES string of the molecule is CC(C)(C)OC(=O)NCCCCC(NC(=O)OC(C)(C)C)C(=O)OCC#Cc1cn([C@H]2C[C@@H](O)[C@@H](CO)O2)c(=O)nc1N.CCCCN(CCCC)CCCC.COP(=O)(OC)OC.NCCCCC(N)C(=O)OCC#Cc1cn([C@H]2C[C@@H](O)[C@@H](COP(=O)(O)OP(=O)(O)OP(=O)(O)O)O2)c(=O)nc1N. The number of aliphatic hydroxyl groups is 3. The van der Waals surface area contributed by atoms with Gasteiger partial charge in [-0.05, 0) is 119 Å². The summed E-state index contributed by atoms with van der Waals surface area (Å²) in [4.78, 5) is 119. The van der Waals surface area contributed by atoms with E-state index in [0.717, 1.165) is 15.3 Å². The Kier molecular flexibility index (Phi) is 44.9. The van der Waals surface area contributed by atoms with Gasteiger partial charge >= 0.3 is 66.8 Å². The number of nitrogen functional groups attached to an aromatic ring is 2. The van der Waals surface area contributed by atoms with Crippen molar-refractivity contribution in [2.45, 2.75) is 212 Å². The Hall–Kier alpha value is -5.84. The molecule has 105 heavy (non-hydrogen) atoms. The zero-order chi connectivity index (χ0) is 79.9. The third kappa shape index (κ3) is 41.3. The summed E-state index contributed by atoms with van der Waals surface area (Å²) in [6.07, 6.45) is 5.24. The van der Waals surface area contributed by atoms with Gasteiger partial charge < -0.3 is 102 Å². The fourth-order valence-corrected chi connectivity index (χ4v) is 12.3. The summed E-state index contributed by atoms with van der Waals surface area (Å²) in [5.41, 5.74) is 19.8. The van der Waals surface area contributed by atoms with Crippen LogP contribution >= 0.6 is 31.3 Å². The number of esters is 2. The van der Waals surface area contributed by atoms with Crippen LogP contribution in [-0.4, -0.2) is 211 Å². The van der Waals surface area contributed by atoms with Crippen LogP contribution in [-0.2, 0) is 83.0 Å². The molecule has 0 radical (unpaired) electrons. The minimum Gasteiger partial charge on any atom is -0.451 e. The highest BCUT2D eigenvalue weighted by atomic mass is 31.3. The maximum atomic E-state index is 12.8. The van der Waals surface area contributed by atoms with E-state index in [1.165, 1.54) is 85.7 Å². The Balaban J connectivity index is 0.000000823. The molecule has 0 bridgehead atoms. The number of nitrogens with one attached hydrogen (secondary N) is 2. The van der Waals surface area contributed by atoms with E-state index in [2.05, 4.69) is 96.7 Å². The maximum absolute atomic E-state index is 12.8. The van der Waals surface area contributed by atoms with Gasteiger partial charge in [0.15, 0.2) is 13.2 Å². The highest BCUT2D eigenvalue weighted by Crippen LogP contribution is 2.66. The number of carbonyl (C=O) groups excluding carboxylic acids is 4. The number of phosphoric ester groups is 2. The monoisotopic (exact) mass is 1580 g/mol. The van der Waals surface area contributed by atoms with Crippen molar-refractivity contribution in [2.75, 3.05) is 91.9 Å². The summed E-state index contributed by atoms with van der Waals surface area (Å²) in [6.45, 7) is 19.8. The van der Waals surface area contributed by atoms with Gasteiger partial charge in [-0.25, -0.2) is 42.2 Å². The summed E-state index contributed by atoms with van der Waals surface area (Å²) in [5, 5.41) is 34.7. The molecule has 0 aromatic carbocycles. The maximum Gasteiger partial charge on any atom is 0.490 e. The molecular weight excluding hydrogens is 1470 g/mol. The Bertz CT molecular complexity index is 3420.